The minimum Gasteiger partial charge on any atom is -0.377 e. The lowest BCUT2D eigenvalue weighted by atomic mass is 9.95. The van der Waals surface area contributed by atoms with Gasteiger partial charge in [-0.2, -0.15) is 11.8 Å². The first-order valence-corrected chi connectivity index (χ1v) is 6.29. The smallest absolute Gasteiger partial charge is 0.0726 e. The summed E-state index contributed by atoms with van der Waals surface area (Å²) >= 11 is 1.99. The lowest BCUT2D eigenvalue weighted by molar-refractivity contribution is 0.0895. The summed E-state index contributed by atoms with van der Waals surface area (Å²) in [4.78, 5) is 0. The minimum absolute atomic E-state index is 0.217. The molecule has 0 radical (unpaired) electrons. The van der Waals surface area contributed by atoms with Crippen LogP contribution in [0.4, 0.5) is 0 Å². The van der Waals surface area contributed by atoms with Crippen molar-refractivity contribution in [2.24, 2.45) is 0 Å². The SMILES string of the molecule is CCSCCNC1(C)CCOC1C. The van der Waals surface area contributed by atoms with Crippen LogP contribution in [0.2, 0.25) is 0 Å². The van der Waals surface area contributed by atoms with Gasteiger partial charge in [-0.3, -0.25) is 0 Å². The molecule has 1 rings (SSSR count). The summed E-state index contributed by atoms with van der Waals surface area (Å²) in [6.07, 6.45) is 1.50. The van der Waals surface area contributed by atoms with Gasteiger partial charge in [0.2, 0.25) is 0 Å². The number of hydrogen-bond acceptors (Lipinski definition) is 3. The first-order chi connectivity index (χ1) is 6.19. The van der Waals surface area contributed by atoms with Crippen LogP contribution in [0.5, 0.6) is 0 Å². The summed E-state index contributed by atoms with van der Waals surface area (Å²) in [5, 5.41) is 3.60. The molecule has 3 heteroatoms. The highest BCUT2D eigenvalue weighted by Gasteiger charge is 2.35. The van der Waals surface area contributed by atoms with E-state index in [-0.39, 0.29) is 5.54 Å². The highest BCUT2D eigenvalue weighted by atomic mass is 32.2. The van der Waals surface area contributed by atoms with Crippen LogP contribution in [0.3, 0.4) is 0 Å². The predicted molar refractivity (Wildman–Crippen MR) is 59.4 cm³/mol. The van der Waals surface area contributed by atoms with Gasteiger partial charge in [0.1, 0.15) is 0 Å². The molecule has 1 fully saturated rings. The van der Waals surface area contributed by atoms with Crippen molar-refractivity contribution in [2.75, 3.05) is 24.7 Å². The maximum absolute atomic E-state index is 5.56. The fourth-order valence-electron chi connectivity index (χ4n) is 1.62. The van der Waals surface area contributed by atoms with Gasteiger partial charge in [-0.15, -0.1) is 0 Å². The summed E-state index contributed by atoms with van der Waals surface area (Å²) in [5.74, 6) is 2.42. The Bertz CT molecular complexity index is 154. The second-order valence-electron chi connectivity index (χ2n) is 3.80. The van der Waals surface area contributed by atoms with Gasteiger partial charge >= 0.3 is 0 Å². The normalized spacial score (nSPS) is 33.9. The molecule has 0 spiro atoms. The number of thioether (sulfide) groups is 1. The molecule has 13 heavy (non-hydrogen) atoms. The molecular weight excluding hydrogens is 182 g/mol. The van der Waals surface area contributed by atoms with Crippen LogP contribution in [0, 0.1) is 0 Å². The van der Waals surface area contributed by atoms with Crippen molar-refractivity contribution in [3.63, 3.8) is 0 Å². The molecule has 2 unspecified atom stereocenters. The lowest BCUT2D eigenvalue weighted by Crippen LogP contribution is -2.48. The molecule has 0 aromatic rings. The number of nitrogens with one attached hydrogen (secondary N) is 1. The van der Waals surface area contributed by atoms with Gasteiger partial charge in [0.15, 0.2) is 0 Å². The Labute approximate surface area is 85.8 Å². The zero-order chi connectivity index (χ0) is 9.73. The fraction of sp³-hybridized carbons (Fsp3) is 1.00. The van der Waals surface area contributed by atoms with Crippen molar-refractivity contribution in [3.05, 3.63) is 0 Å². The third-order valence-electron chi connectivity index (χ3n) is 2.87. The van der Waals surface area contributed by atoms with Crippen molar-refractivity contribution >= 4 is 11.8 Å². The lowest BCUT2D eigenvalue weighted by Gasteiger charge is -2.28. The van der Waals surface area contributed by atoms with E-state index in [1.807, 2.05) is 11.8 Å². The van der Waals surface area contributed by atoms with Crippen molar-refractivity contribution < 1.29 is 4.74 Å². The van der Waals surface area contributed by atoms with E-state index in [1.54, 1.807) is 0 Å². The van der Waals surface area contributed by atoms with E-state index >= 15 is 0 Å². The largest absolute Gasteiger partial charge is 0.377 e. The Balaban J connectivity index is 2.18. The summed E-state index contributed by atoms with van der Waals surface area (Å²) in [7, 11) is 0. The Morgan fingerprint density at radius 3 is 2.92 bits per heavy atom. The maximum atomic E-state index is 5.56. The molecule has 1 saturated heterocycles. The molecule has 78 valence electrons. The molecule has 1 aliphatic heterocycles. The highest BCUT2D eigenvalue weighted by molar-refractivity contribution is 7.99. The van der Waals surface area contributed by atoms with Gasteiger partial charge in [0, 0.05) is 24.4 Å². The van der Waals surface area contributed by atoms with Crippen molar-refractivity contribution in [1.82, 2.24) is 5.32 Å². The van der Waals surface area contributed by atoms with Gasteiger partial charge in [-0.05, 0) is 26.0 Å². The van der Waals surface area contributed by atoms with Crippen LogP contribution in [0.15, 0.2) is 0 Å². The Hall–Kier alpha value is 0.270. The van der Waals surface area contributed by atoms with Gasteiger partial charge in [0.05, 0.1) is 6.10 Å². The van der Waals surface area contributed by atoms with Gasteiger partial charge < -0.3 is 10.1 Å². The highest BCUT2D eigenvalue weighted by Crippen LogP contribution is 2.24. The fourth-order valence-corrected chi connectivity index (χ4v) is 2.16. The zero-order valence-electron chi connectivity index (χ0n) is 8.93. The molecule has 0 saturated carbocycles. The van der Waals surface area contributed by atoms with Gasteiger partial charge in [-0.25, -0.2) is 0 Å². The average Bonchev–Trinajstić information content (AvgIpc) is 2.42. The Kier molecular flexibility index (Phi) is 4.56. The van der Waals surface area contributed by atoms with E-state index < -0.39 is 0 Å². The van der Waals surface area contributed by atoms with Crippen LogP contribution in [0.25, 0.3) is 0 Å². The van der Waals surface area contributed by atoms with E-state index in [1.165, 1.54) is 11.5 Å². The molecule has 0 aliphatic carbocycles. The molecule has 1 aliphatic rings. The number of hydrogen-bond donors (Lipinski definition) is 1. The molecule has 1 heterocycles. The molecule has 0 aromatic heterocycles. The van der Waals surface area contributed by atoms with Crippen molar-refractivity contribution in [1.29, 1.82) is 0 Å². The summed E-state index contributed by atoms with van der Waals surface area (Å²) in [6.45, 7) is 8.64. The quantitative estimate of drug-likeness (QED) is 0.690. The second kappa shape index (κ2) is 5.23. The van der Waals surface area contributed by atoms with Crippen LogP contribution in [0.1, 0.15) is 27.2 Å². The van der Waals surface area contributed by atoms with E-state index in [0.29, 0.717) is 6.10 Å². The van der Waals surface area contributed by atoms with Gasteiger partial charge in [-0.1, -0.05) is 6.92 Å². The van der Waals surface area contributed by atoms with Crippen LogP contribution < -0.4 is 5.32 Å². The summed E-state index contributed by atoms with van der Waals surface area (Å²) in [6, 6.07) is 0. The van der Waals surface area contributed by atoms with E-state index in [9.17, 15) is 0 Å². The Morgan fingerprint density at radius 2 is 2.38 bits per heavy atom. The molecular formula is C10H21NOS. The van der Waals surface area contributed by atoms with Crippen LogP contribution in [-0.4, -0.2) is 36.3 Å². The standard InChI is InChI=1S/C10H21NOS/c1-4-13-8-6-11-10(3)5-7-12-9(10)2/h9,11H,4-8H2,1-3H3. The minimum atomic E-state index is 0.217. The third-order valence-corrected chi connectivity index (χ3v) is 3.77. The van der Waals surface area contributed by atoms with Gasteiger partial charge in [0.25, 0.3) is 0 Å². The molecule has 0 amide bonds. The topological polar surface area (TPSA) is 21.3 Å². The monoisotopic (exact) mass is 203 g/mol. The summed E-state index contributed by atoms with van der Waals surface area (Å²) < 4.78 is 5.56. The second-order valence-corrected chi connectivity index (χ2v) is 5.20. The molecule has 2 atom stereocenters. The van der Waals surface area contributed by atoms with E-state index in [0.717, 1.165) is 19.6 Å². The number of rotatable bonds is 5. The van der Waals surface area contributed by atoms with Crippen molar-refractivity contribution in [2.45, 2.75) is 38.8 Å². The third kappa shape index (κ3) is 3.15. The average molecular weight is 203 g/mol. The molecule has 2 nitrogen and oxygen atoms in total. The van der Waals surface area contributed by atoms with E-state index in [4.69, 9.17) is 4.74 Å². The first-order valence-electron chi connectivity index (χ1n) is 5.13. The van der Waals surface area contributed by atoms with Crippen LogP contribution in [-0.2, 0) is 4.74 Å². The maximum Gasteiger partial charge on any atom is 0.0726 e. The molecule has 0 bridgehead atoms. The van der Waals surface area contributed by atoms with Crippen molar-refractivity contribution in [3.8, 4) is 0 Å². The Morgan fingerprint density at radius 1 is 1.62 bits per heavy atom. The number of ether oxygens (including phenoxy) is 1. The zero-order valence-corrected chi connectivity index (χ0v) is 9.75. The van der Waals surface area contributed by atoms with Crippen LogP contribution >= 0.6 is 11.8 Å². The molecule has 1 N–H and O–H groups in total. The molecule has 0 aromatic carbocycles. The first kappa shape index (κ1) is 11.3. The predicted octanol–water partition coefficient (Wildman–Crippen LogP) is 1.90. The van der Waals surface area contributed by atoms with E-state index in [2.05, 4.69) is 26.1 Å². The summed E-state index contributed by atoms with van der Waals surface area (Å²) in [5.41, 5.74) is 0.217.